The molecule has 0 saturated carbocycles. The van der Waals surface area contributed by atoms with Crippen LogP contribution in [0.2, 0.25) is 0 Å². The van der Waals surface area contributed by atoms with Gasteiger partial charge in [0.25, 0.3) is 0 Å². The predicted octanol–water partition coefficient (Wildman–Crippen LogP) is 1.86. The van der Waals surface area contributed by atoms with Crippen molar-refractivity contribution in [2.24, 2.45) is 0 Å². The number of carbonyl (C=O) groups excluding carboxylic acids is 2. The Bertz CT molecular complexity index is 692. The summed E-state index contributed by atoms with van der Waals surface area (Å²) < 4.78 is 20.2. The number of benzene rings is 1. The van der Waals surface area contributed by atoms with Gasteiger partial charge in [-0.25, -0.2) is 9.59 Å². The van der Waals surface area contributed by atoms with Gasteiger partial charge in [-0.05, 0) is 6.42 Å². The number of rotatable bonds is 6. The molecule has 2 aromatic heterocycles. The van der Waals surface area contributed by atoms with E-state index in [1.54, 1.807) is 0 Å². The Labute approximate surface area is 132 Å². The van der Waals surface area contributed by atoms with Crippen LogP contribution in [0, 0.1) is 0 Å². The minimum Gasteiger partial charge on any atom is -0.448 e. The molecular weight excluding hydrogens is 395 g/mol. The molecule has 0 spiro atoms. The Morgan fingerprint density at radius 3 is 3.00 bits per heavy atom. The lowest BCUT2D eigenvalue weighted by Gasteiger charge is -2.15. The van der Waals surface area contributed by atoms with Crippen LogP contribution in [0.15, 0.2) is 10.5 Å². The van der Waals surface area contributed by atoms with E-state index in [9.17, 15) is 14.7 Å². The molecule has 7 nitrogen and oxygen atoms in total. The highest BCUT2D eigenvalue weighted by molar-refractivity contribution is 14.1. The van der Waals surface area contributed by atoms with Gasteiger partial charge in [0, 0.05) is 6.07 Å². The van der Waals surface area contributed by atoms with Gasteiger partial charge >= 0.3 is 11.9 Å². The van der Waals surface area contributed by atoms with E-state index in [1.807, 2.05) is 29.5 Å². The van der Waals surface area contributed by atoms with Gasteiger partial charge in [0.15, 0.2) is 17.5 Å². The van der Waals surface area contributed by atoms with E-state index in [-0.39, 0.29) is 26.6 Å². The number of ether oxygens (including phenoxy) is 3. The van der Waals surface area contributed by atoms with E-state index >= 15 is 0 Å². The smallest absolute Gasteiger partial charge is 0.347 e. The van der Waals surface area contributed by atoms with Crippen molar-refractivity contribution in [3.05, 3.63) is 11.6 Å². The molecule has 2 atom stereocenters. The quantitative estimate of drug-likeness (QED) is 0.257. The number of hydrogen-bond acceptors (Lipinski definition) is 7. The van der Waals surface area contributed by atoms with Crippen molar-refractivity contribution >= 4 is 45.7 Å². The van der Waals surface area contributed by atoms with Crippen LogP contribution in [-0.4, -0.2) is 33.9 Å². The van der Waals surface area contributed by atoms with Gasteiger partial charge in [0.05, 0.1) is 3.92 Å². The predicted molar refractivity (Wildman–Crippen MR) is 78.1 cm³/mol. The Balaban J connectivity index is 1.62. The van der Waals surface area contributed by atoms with E-state index in [1.165, 1.54) is 6.07 Å². The molecule has 1 aliphatic heterocycles. The fourth-order valence-corrected chi connectivity index (χ4v) is 2.19. The molecule has 3 heterocycles. The lowest BCUT2D eigenvalue weighted by atomic mass is 10.2. The average Bonchev–Trinajstić information content (AvgIpc) is 3.08. The van der Waals surface area contributed by atoms with Crippen LogP contribution in [0.4, 0.5) is 0 Å². The van der Waals surface area contributed by atoms with Crippen molar-refractivity contribution in [3.8, 4) is 11.5 Å². The summed E-state index contributed by atoms with van der Waals surface area (Å²) in [5.74, 6) is -1.03. The second-order valence-electron chi connectivity index (χ2n) is 4.50. The molecular formula is C13H11IO7. The van der Waals surface area contributed by atoms with Crippen LogP contribution in [0.1, 0.15) is 23.7 Å². The number of furan rings is 2. The van der Waals surface area contributed by atoms with Crippen molar-refractivity contribution in [1.29, 1.82) is 0 Å². The number of aliphatic hydroxyl groups excluding tert-OH is 1. The zero-order valence-corrected chi connectivity index (χ0v) is 13.1. The number of aliphatic hydroxyl groups is 1. The molecule has 1 aliphatic rings. The average molecular weight is 406 g/mol. The Morgan fingerprint density at radius 2 is 2.29 bits per heavy atom. The molecule has 21 heavy (non-hydrogen) atoms. The third kappa shape index (κ3) is 2.47. The highest BCUT2D eigenvalue weighted by atomic mass is 127. The van der Waals surface area contributed by atoms with Crippen molar-refractivity contribution in [3.63, 3.8) is 0 Å². The minimum absolute atomic E-state index is 0.0733. The lowest BCUT2D eigenvalue weighted by Crippen LogP contribution is -2.27. The lowest BCUT2D eigenvalue weighted by molar-refractivity contribution is -0.153. The van der Waals surface area contributed by atoms with Crippen LogP contribution < -0.4 is 9.47 Å². The van der Waals surface area contributed by atoms with E-state index in [0.717, 1.165) is 0 Å². The van der Waals surface area contributed by atoms with E-state index in [0.29, 0.717) is 12.0 Å². The number of hydrogen-bond donors (Lipinski definition) is 1. The van der Waals surface area contributed by atoms with Crippen LogP contribution in [-0.2, 0) is 9.53 Å². The zero-order valence-electron chi connectivity index (χ0n) is 10.9. The molecule has 2 bridgehead atoms. The summed E-state index contributed by atoms with van der Waals surface area (Å²) in [6.07, 6.45) is -0.338. The number of fused-ring (bicyclic) bond motifs is 1. The molecule has 0 aliphatic carbocycles. The van der Waals surface area contributed by atoms with Gasteiger partial charge in [-0.3, -0.25) is 0 Å². The summed E-state index contributed by atoms with van der Waals surface area (Å²) in [6, 6.07) is 1.46. The van der Waals surface area contributed by atoms with Crippen molar-refractivity contribution in [2.75, 3.05) is 6.61 Å². The molecule has 3 rings (SSSR count). The van der Waals surface area contributed by atoms with Crippen molar-refractivity contribution in [1.82, 2.24) is 0 Å². The third-order valence-electron chi connectivity index (χ3n) is 3.07. The topological polar surface area (TPSA) is 95.2 Å². The molecule has 0 fully saturated rings. The SMILES string of the molecule is CCC(I)C(O)OCC(=O)Oc1c2c3oc1cc3C(=O)O2. The first-order chi connectivity index (χ1) is 10.0. The molecule has 0 radical (unpaired) electrons. The van der Waals surface area contributed by atoms with Crippen LogP contribution in [0.5, 0.6) is 11.5 Å². The molecule has 112 valence electrons. The van der Waals surface area contributed by atoms with Crippen molar-refractivity contribution < 1.29 is 33.3 Å². The number of alkyl halides is 1. The second-order valence-corrected chi connectivity index (χ2v) is 6.10. The molecule has 1 N–H and O–H groups in total. The van der Waals surface area contributed by atoms with Crippen LogP contribution >= 0.6 is 22.6 Å². The van der Waals surface area contributed by atoms with E-state index in [2.05, 4.69) is 0 Å². The maximum Gasteiger partial charge on any atom is 0.347 e. The second kappa shape index (κ2) is 5.43. The largest absolute Gasteiger partial charge is 0.448 e. The first kappa shape index (κ1) is 14.5. The summed E-state index contributed by atoms with van der Waals surface area (Å²) in [6.45, 7) is 1.48. The van der Waals surface area contributed by atoms with Gasteiger partial charge in [-0.15, -0.1) is 0 Å². The third-order valence-corrected chi connectivity index (χ3v) is 4.57. The monoisotopic (exact) mass is 406 g/mol. The van der Waals surface area contributed by atoms with Crippen LogP contribution in [0.25, 0.3) is 11.2 Å². The summed E-state index contributed by atoms with van der Waals surface area (Å²) in [4.78, 5) is 23.1. The van der Waals surface area contributed by atoms with Gasteiger partial charge in [0.2, 0.25) is 11.5 Å². The molecule has 0 saturated heterocycles. The Kier molecular flexibility index (Phi) is 3.76. The number of carbonyl (C=O) groups is 2. The molecule has 0 aromatic carbocycles. The number of halogens is 1. The molecule has 2 aromatic rings. The fourth-order valence-electron chi connectivity index (χ4n) is 1.98. The fraction of sp³-hybridized carbons (Fsp3) is 0.385. The summed E-state index contributed by atoms with van der Waals surface area (Å²) in [5.41, 5.74) is 0.898. The Morgan fingerprint density at radius 1 is 1.52 bits per heavy atom. The molecule has 8 heteroatoms. The maximum absolute atomic E-state index is 11.7. The normalized spacial score (nSPS) is 16.2. The van der Waals surface area contributed by atoms with Gasteiger partial charge in [-0.1, -0.05) is 29.5 Å². The van der Waals surface area contributed by atoms with Crippen LogP contribution in [0.3, 0.4) is 0 Å². The van der Waals surface area contributed by atoms with Crippen molar-refractivity contribution in [2.45, 2.75) is 23.6 Å². The summed E-state index contributed by atoms with van der Waals surface area (Å²) in [7, 11) is 0. The van der Waals surface area contributed by atoms with Gasteiger partial charge in [0.1, 0.15) is 12.2 Å². The molecule has 2 unspecified atom stereocenters. The first-order valence-electron chi connectivity index (χ1n) is 6.26. The van der Waals surface area contributed by atoms with Gasteiger partial charge < -0.3 is 23.7 Å². The highest BCUT2D eigenvalue weighted by Crippen LogP contribution is 2.49. The highest BCUT2D eigenvalue weighted by Gasteiger charge is 2.36. The zero-order chi connectivity index (χ0) is 15.1. The number of esters is 2. The van der Waals surface area contributed by atoms with Gasteiger partial charge in [-0.2, -0.15) is 0 Å². The summed E-state index contributed by atoms with van der Waals surface area (Å²) >= 11 is 2.03. The Hall–Kier alpha value is -1.39. The minimum atomic E-state index is -1.05. The van der Waals surface area contributed by atoms with E-state index in [4.69, 9.17) is 18.6 Å². The molecule has 0 amide bonds. The van der Waals surface area contributed by atoms with E-state index < -0.39 is 24.8 Å². The summed E-state index contributed by atoms with van der Waals surface area (Å²) in [5, 5.41) is 9.61. The first-order valence-corrected chi connectivity index (χ1v) is 7.51. The maximum atomic E-state index is 11.7. The standard InChI is InChI=1S/C13H11IO7/c1-2-6(14)13(17)18-4-8(15)20-10-7-3-5-9(19-7)11(10)21-12(5)16/h3,6,13,17H,2,4H2,1H3.